The van der Waals surface area contributed by atoms with Gasteiger partial charge in [0, 0.05) is 36.8 Å². The van der Waals surface area contributed by atoms with Gasteiger partial charge in [-0.15, -0.1) is 10.2 Å². The number of carbonyl (C=O) groups is 1. The molecule has 0 saturated heterocycles. The minimum atomic E-state index is -0.248. The van der Waals surface area contributed by atoms with Crippen molar-refractivity contribution in [3.8, 4) is 28.7 Å². The van der Waals surface area contributed by atoms with E-state index in [-0.39, 0.29) is 5.91 Å². The summed E-state index contributed by atoms with van der Waals surface area (Å²) in [5, 5.41) is 15.6. The number of amides is 1. The summed E-state index contributed by atoms with van der Waals surface area (Å²) in [5.41, 5.74) is 2.79. The summed E-state index contributed by atoms with van der Waals surface area (Å²) in [6.07, 6.45) is 3.53. The van der Waals surface area contributed by atoms with Crippen LogP contribution in [0.1, 0.15) is 16.3 Å². The van der Waals surface area contributed by atoms with E-state index in [0.717, 1.165) is 17.1 Å². The van der Waals surface area contributed by atoms with Crippen molar-refractivity contribution in [3.63, 3.8) is 0 Å². The van der Waals surface area contributed by atoms with E-state index in [1.165, 1.54) is 0 Å². The first-order chi connectivity index (χ1) is 16.6. The lowest BCUT2D eigenvalue weighted by Crippen LogP contribution is -2.15. The number of imidazole rings is 1. The lowest BCUT2D eigenvalue weighted by atomic mass is 10.1. The molecule has 0 spiro atoms. The van der Waals surface area contributed by atoms with Gasteiger partial charge in [-0.1, -0.05) is 30.3 Å². The molecule has 9 heteroatoms. The molecule has 0 atom stereocenters. The third-order valence-electron chi connectivity index (χ3n) is 5.22. The van der Waals surface area contributed by atoms with Crippen LogP contribution in [0.5, 0.6) is 11.6 Å². The zero-order valence-electron chi connectivity index (χ0n) is 18.6. The van der Waals surface area contributed by atoms with Gasteiger partial charge in [-0.05, 0) is 43.3 Å². The van der Waals surface area contributed by atoms with Crippen molar-refractivity contribution in [1.82, 2.24) is 29.5 Å². The Balaban J connectivity index is 1.24. The third kappa shape index (κ3) is 4.40. The molecule has 3 heterocycles. The molecule has 0 aliphatic rings. The molecule has 0 radical (unpaired) electrons. The normalized spacial score (nSPS) is 10.8. The fourth-order valence-corrected chi connectivity index (χ4v) is 3.47. The molecule has 1 N–H and O–H groups in total. The van der Waals surface area contributed by atoms with Crippen LogP contribution in [-0.4, -0.2) is 35.4 Å². The number of hydrogen-bond donors (Lipinski definition) is 1. The molecular formula is C25H21N7O2. The third-order valence-corrected chi connectivity index (χ3v) is 5.22. The lowest BCUT2D eigenvalue weighted by molar-refractivity contribution is 0.101. The predicted molar refractivity (Wildman–Crippen MR) is 127 cm³/mol. The number of aromatic nitrogens is 6. The largest absolute Gasteiger partial charge is 0.438 e. The Bertz CT molecular complexity index is 1420. The molecule has 0 saturated carbocycles. The number of nitrogens with zero attached hydrogens (tertiary/aromatic N) is 6. The van der Waals surface area contributed by atoms with Crippen LogP contribution in [0.2, 0.25) is 0 Å². The maximum Gasteiger partial charge on any atom is 0.273 e. The molecule has 0 bridgehead atoms. The molecule has 3 aromatic heterocycles. The average molecular weight is 451 g/mol. The fraction of sp³-hybridized carbons (Fsp3) is 0.0800. The van der Waals surface area contributed by atoms with E-state index in [1.807, 2.05) is 54.1 Å². The van der Waals surface area contributed by atoms with E-state index in [1.54, 1.807) is 54.3 Å². The van der Waals surface area contributed by atoms with Gasteiger partial charge in [0.1, 0.15) is 17.3 Å². The van der Waals surface area contributed by atoms with Crippen LogP contribution >= 0.6 is 0 Å². The standard InChI is InChI=1S/C25H21N7O2/c1-17-26-14-15-32(17)23-12-13-24(29-28-23)34-20-10-8-19(9-11-20)27-25(33)22-16-21(30-31(22)2)18-6-4-3-5-7-18/h3-16H,1-2H3,(H,27,33). The number of anilines is 1. The second-order valence-corrected chi connectivity index (χ2v) is 7.56. The molecule has 5 aromatic rings. The van der Waals surface area contributed by atoms with Gasteiger partial charge in [0.15, 0.2) is 5.82 Å². The summed E-state index contributed by atoms with van der Waals surface area (Å²) in [5.74, 6) is 2.17. The Morgan fingerprint density at radius 1 is 0.971 bits per heavy atom. The summed E-state index contributed by atoms with van der Waals surface area (Å²) in [6.45, 7) is 1.89. The van der Waals surface area contributed by atoms with Crippen LogP contribution in [0.3, 0.4) is 0 Å². The summed E-state index contributed by atoms with van der Waals surface area (Å²) >= 11 is 0. The number of nitrogens with one attached hydrogen (secondary N) is 1. The zero-order chi connectivity index (χ0) is 23.5. The number of carbonyl (C=O) groups excluding carboxylic acids is 1. The Hall–Kier alpha value is -4.79. The minimum absolute atomic E-state index is 0.248. The van der Waals surface area contributed by atoms with E-state index in [2.05, 4.69) is 25.6 Å². The molecule has 34 heavy (non-hydrogen) atoms. The number of ether oxygens (including phenoxy) is 1. The molecule has 168 valence electrons. The number of rotatable bonds is 6. The highest BCUT2D eigenvalue weighted by Crippen LogP contribution is 2.23. The molecule has 1 amide bonds. The summed E-state index contributed by atoms with van der Waals surface area (Å²) in [4.78, 5) is 17.0. The first-order valence-corrected chi connectivity index (χ1v) is 10.6. The molecule has 0 fully saturated rings. The Labute approximate surface area is 195 Å². The number of benzene rings is 2. The monoisotopic (exact) mass is 451 g/mol. The second kappa shape index (κ2) is 8.99. The molecular weight excluding hydrogens is 430 g/mol. The molecule has 0 aliphatic heterocycles. The van der Waals surface area contributed by atoms with Crippen LogP contribution in [-0.2, 0) is 7.05 Å². The van der Waals surface area contributed by atoms with Gasteiger partial charge in [-0.3, -0.25) is 14.0 Å². The van der Waals surface area contributed by atoms with Gasteiger partial charge in [0.05, 0.1) is 5.69 Å². The molecule has 5 rings (SSSR count). The average Bonchev–Trinajstić information content (AvgIpc) is 3.47. The van der Waals surface area contributed by atoms with Crippen molar-refractivity contribution in [3.05, 3.63) is 96.7 Å². The van der Waals surface area contributed by atoms with Crippen molar-refractivity contribution in [2.24, 2.45) is 7.05 Å². The Morgan fingerprint density at radius 3 is 2.44 bits per heavy atom. The van der Waals surface area contributed by atoms with Gasteiger partial charge in [0.2, 0.25) is 5.88 Å². The number of aryl methyl sites for hydroxylation is 2. The van der Waals surface area contributed by atoms with E-state index < -0.39 is 0 Å². The van der Waals surface area contributed by atoms with Crippen molar-refractivity contribution < 1.29 is 9.53 Å². The van der Waals surface area contributed by atoms with Gasteiger partial charge < -0.3 is 10.1 Å². The van der Waals surface area contributed by atoms with Crippen LogP contribution in [0.4, 0.5) is 5.69 Å². The smallest absolute Gasteiger partial charge is 0.273 e. The topological polar surface area (TPSA) is 99.8 Å². The maximum absolute atomic E-state index is 12.8. The Kier molecular flexibility index (Phi) is 5.57. The summed E-state index contributed by atoms with van der Waals surface area (Å²) in [6, 6.07) is 22.1. The zero-order valence-corrected chi connectivity index (χ0v) is 18.6. The molecule has 9 nitrogen and oxygen atoms in total. The minimum Gasteiger partial charge on any atom is -0.438 e. The van der Waals surface area contributed by atoms with Crippen molar-refractivity contribution in [1.29, 1.82) is 0 Å². The maximum atomic E-state index is 12.8. The van der Waals surface area contributed by atoms with Gasteiger partial charge in [-0.25, -0.2) is 4.98 Å². The second-order valence-electron chi connectivity index (χ2n) is 7.56. The highest BCUT2D eigenvalue weighted by atomic mass is 16.5. The highest BCUT2D eigenvalue weighted by molar-refractivity contribution is 6.03. The van der Waals surface area contributed by atoms with Crippen LogP contribution in [0.15, 0.2) is 85.2 Å². The van der Waals surface area contributed by atoms with E-state index in [0.29, 0.717) is 28.8 Å². The SMILES string of the molecule is Cc1nccn1-c1ccc(Oc2ccc(NC(=O)c3cc(-c4ccccc4)nn3C)cc2)nn1. The summed E-state index contributed by atoms with van der Waals surface area (Å²) < 4.78 is 9.18. The van der Waals surface area contributed by atoms with E-state index >= 15 is 0 Å². The van der Waals surface area contributed by atoms with E-state index in [4.69, 9.17) is 4.74 Å². The van der Waals surface area contributed by atoms with Crippen molar-refractivity contribution in [2.45, 2.75) is 6.92 Å². The highest BCUT2D eigenvalue weighted by Gasteiger charge is 2.14. The van der Waals surface area contributed by atoms with Crippen LogP contribution < -0.4 is 10.1 Å². The summed E-state index contributed by atoms with van der Waals surface area (Å²) in [7, 11) is 1.75. The van der Waals surface area contributed by atoms with Crippen molar-refractivity contribution >= 4 is 11.6 Å². The molecule has 0 unspecified atom stereocenters. The number of hydrogen-bond acceptors (Lipinski definition) is 6. The molecule has 2 aromatic carbocycles. The fourth-order valence-electron chi connectivity index (χ4n) is 3.47. The van der Waals surface area contributed by atoms with Gasteiger partial charge in [0.25, 0.3) is 5.91 Å². The predicted octanol–water partition coefficient (Wildman–Crippen LogP) is 4.42. The first kappa shape index (κ1) is 21.1. The van der Waals surface area contributed by atoms with Crippen molar-refractivity contribution in [2.75, 3.05) is 5.32 Å². The van der Waals surface area contributed by atoms with Crippen LogP contribution in [0.25, 0.3) is 17.1 Å². The van der Waals surface area contributed by atoms with E-state index in [9.17, 15) is 4.79 Å². The first-order valence-electron chi connectivity index (χ1n) is 10.6. The van der Waals surface area contributed by atoms with Crippen LogP contribution in [0, 0.1) is 6.92 Å². The lowest BCUT2D eigenvalue weighted by Gasteiger charge is -2.08. The molecule has 0 aliphatic carbocycles. The quantitative estimate of drug-likeness (QED) is 0.410. The van der Waals surface area contributed by atoms with Gasteiger partial charge in [-0.2, -0.15) is 5.10 Å². The Morgan fingerprint density at radius 2 is 1.76 bits per heavy atom. The van der Waals surface area contributed by atoms with Gasteiger partial charge >= 0.3 is 0 Å².